The molecular weight excluding hydrogens is 569 g/mol. The molecule has 0 aliphatic rings. The topological polar surface area (TPSA) is 86.8 Å². The molecule has 7 nitrogen and oxygen atoms in total. The van der Waals surface area contributed by atoms with Crippen LogP contribution in [0, 0.1) is 6.92 Å². The quantitative estimate of drug-likeness (QED) is 0.266. The van der Waals surface area contributed by atoms with Gasteiger partial charge in [0.1, 0.15) is 12.6 Å². The van der Waals surface area contributed by atoms with Gasteiger partial charge in [-0.3, -0.25) is 13.9 Å². The predicted octanol–water partition coefficient (Wildman–Crippen LogP) is 6.22. The van der Waals surface area contributed by atoms with Crippen LogP contribution in [0.15, 0.2) is 77.7 Å². The van der Waals surface area contributed by atoms with E-state index in [1.807, 2.05) is 58.0 Å². The fourth-order valence-corrected chi connectivity index (χ4v) is 6.05. The average Bonchev–Trinajstić information content (AvgIpc) is 2.93. The summed E-state index contributed by atoms with van der Waals surface area (Å²) in [4.78, 5) is 28.8. The third kappa shape index (κ3) is 7.56. The summed E-state index contributed by atoms with van der Waals surface area (Å²) in [6.45, 7) is 7.06. The van der Waals surface area contributed by atoms with Gasteiger partial charge in [-0.2, -0.15) is 0 Å². The molecule has 3 aromatic carbocycles. The number of amides is 2. The molecule has 1 N–H and O–H groups in total. The first-order valence-corrected chi connectivity index (χ1v) is 15.4. The number of carbonyl (C=O) groups is 2. The number of aryl methyl sites for hydroxylation is 1. The summed E-state index contributed by atoms with van der Waals surface area (Å²) in [5.74, 6) is -0.850. The van der Waals surface area contributed by atoms with Crippen molar-refractivity contribution in [1.82, 2.24) is 10.2 Å². The number of benzene rings is 3. The smallest absolute Gasteiger partial charge is 0.264 e. The summed E-state index contributed by atoms with van der Waals surface area (Å²) >= 11 is 12.7. The van der Waals surface area contributed by atoms with Gasteiger partial charge in [0.25, 0.3) is 10.0 Å². The van der Waals surface area contributed by atoms with Gasteiger partial charge in [-0.1, -0.05) is 91.1 Å². The van der Waals surface area contributed by atoms with Crippen molar-refractivity contribution in [3.63, 3.8) is 0 Å². The van der Waals surface area contributed by atoms with E-state index in [1.54, 1.807) is 24.3 Å². The van der Waals surface area contributed by atoms with E-state index in [4.69, 9.17) is 23.2 Å². The van der Waals surface area contributed by atoms with Crippen molar-refractivity contribution in [2.24, 2.45) is 0 Å². The van der Waals surface area contributed by atoms with E-state index < -0.39 is 28.5 Å². The molecule has 0 saturated carbocycles. The second-order valence-corrected chi connectivity index (χ2v) is 12.3. The Morgan fingerprint density at radius 2 is 1.55 bits per heavy atom. The maximum atomic E-state index is 14.1. The van der Waals surface area contributed by atoms with E-state index >= 15 is 0 Å². The van der Waals surface area contributed by atoms with Gasteiger partial charge < -0.3 is 10.2 Å². The molecule has 3 rings (SSSR count). The zero-order valence-electron chi connectivity index (χ0n) is 23.1. The molecule has 2 amide bonds. The SMILES string of the molecule is CC[C@H](C(=O)N[C@@H](C)CC)N(Cc1ccccc1)C(=O)CN(c1cccc(Cl)c1Cl)S(=O)(=O)c1ccc(C)cc1. The number of nitrogens with zero attached hydrogens (tertiary/aromatic N) is 2. The summed E-state index contributed by atoms with van der Waals surface area (Å²) in [6.07, 6.45) is 1.06. The fraction of sp³-hybridized carbons (Fsp3) is 0.333. The van der Waals surface area contributed by atoms with Crippen LogP contribution in [0.5, 0.6) is 0 Å². The fourth-order valence-electron chi connectivity index (χ4n) is 4.18. The van der Waals surface area contributed by atoms with Gasteiger partial charge in [-0.05, 0) is 56.5 Å². The molecule has 0 fully saturated rings. The van der Waals surface area contributed by atoms with Crippen LogP contribution < -0.4 is 9.62 Å². The van der Waals surface area contributed by atoms with E-state index in [0.29, 0.717) is 6.42 Å². The average molecular weight is 605 g/mol. The number of sulfonamides is 1. The van der Waals surface area contributed by atoms with Crippen LogP contribution in [0.4, 0.5) is 5.69 Å². The second kappa shape index (κ2) is 14.0. The lowest BCUT2D eigenvalue weighted by atomic mass is 10.1. The molecule has 0 unspecified atom stereocenters. The number of nitrogens with one attached hydrogen (secondary N) is 1. The highest BCUT2D eigenvalue weighted by Crippen LogP contribution is 2.35. The standard InChI is InChI=1S/C30H35Cl2N3O4S/c1-5-22(4)33-30(37)26(6-2)34(19-23-11-8-7-9-12-23)28(36)20-35(27-14-10-13-25(31)29(27)32)40(38,39)24-17-15-21(3)16-18-24/h7-18,22,26H,5-6,19-20H2,1-4H3,(H,33,37)/t22-,26+/m0/s1. The molecule has 2 atom stereocenters. The van der Waals surface area contributed by atoms with Crippen molar-refractivity contribution in [1.29, 1.82) is 0 Å². The number of rotatable bonds is 12. The van der Waals surface area contributed by atoms with E-state index in [1.165, 1.54) is 23.1 Å². The molecule has 40 heavy (non-hydrogen) atoms. The van der Waals surface area contributed by atoms with E-state index in [0.717, 1.165) is 21.9 Å². The lowest BCUT2D eigenvalue weighted by Gasteiger charge is -2.34. The second-order valence-electron chi connectivity index (χ2n) is 9.65. The van der Waals surface area contributed by atoms with Gasteiger partial charge in [0.15, 0.2) is 0 Å². The first kappa shape index (κ1) is 31.5. The third-order valence-electron chi connectivity index (χ3n) is 6.67. The van der Waals surface area contributed by atoms with Crippen LogP contribution in [0.2, 0.25) is 10.0 Å². The summed E-state index contributed by atoms with van der Waals surface area (Å²) in [5, 5.41) is 3.11. The van der Waals surface area contributed by atoms with E-state index in [9.17, 15) is 18.0 Å². The third-order valence-corrected chi connectivity index (χ3v) is 9.25. The Bertz CT molecular complexity index is 1420. The Balaban J connectivity index is 2.09. The Morgan fingerprint density at radius 1 is 0.900 bits per heavy atom. The predicted molar refractivity (Wildman–Crippen MR) is 161 cm³/mol. The van der Waals surface area contributed by atoms with Gasteiger partial charge in [-0.25, -0.2) is 8.42 Å². The zero-order valence-corrected chi connectivity index (χ0v) is 25.4. The number of hydrogen-bond acceptors (Lipinski definition) is 4. The molecule has 10 heteroatoms. The molecule has 0 radical (unpaired) electrons. The van der Waals surface area contributed by atoms with Gasteiger partial charge in [0.05, 0.1) is 20.6 Å². The highest BCUT2D eigenvalue weighted by atomic mass is 35.5. The Morgan fingerprint density at radius 3 is 2.15 bits per heavy atom. The summed E-state index contributed by atoms with van der Waals surface area (Å²) < 4.78 is 28.9. The maximum Gasteiger partial charge on any atom is 0.264 e. The minimum absolute atomic E-state index is 0.00175. The van der Waals surface area contributed by atoms with Crippen molar-refractivity contribution < 1.29 is 18.0 Å². The highest BCUT2D eigenvalue weighted by molar-refractivity contribution is 7.92. The van der Waals surface area contributed by atoms with Crippen LogP contribution in [0.3, 0.4) is 0 Å². The van der Waals surface area contributed by atoms with Crippen molar-refractivity contribution in [2.75, 3.05) is 10.8 Å². The number of hydrogen-bond donors (Lipinski definition) is 1. The van der Waals surface area contributed by atoms with Crippen molar-refractivity contribution >= 4 is 50.7 Å². The molecule has 0 heterocycles. The zero-order chi connectivity index (χ0) is 29.4. The minimum Gasteiger partial charge on any atom is -0.352 e. The van der Waals surface area contributed by atoms with Gasteiger partial charge >= 0.3 is 0 Å². The summed E-state index contributed by atoms with van der Waals surface area (Å²) in [7, 11) is -4.25. The normalized spacial score (nSPS) is 12.8. The molecule has 0 aliphatic carbocycles. The Kier molecular flexibility index (Phi) is 11.0. The highest BCUT2D eigenvalue weighted by Gasteiger charge is 2.34. The number of carbonyl (C=O) groups excluding carboxylic acids is 2. The largest absolute Gasteiger partial charge is 0.352 e. The van der Waals surface area contributed by atoms with Crippen molar-refractivity contribution in [2.45, 2.75) is 64.1 Å². The van der Waals surface area contributed by atoms with Crippen LogP contribution in [-0.4, -0.2) is 43.8 Å². The first-order chi connectivity index (χ1) is 19.0. The van der Waals surface area contributed by atoms with E-state index in [-0.39, 0.29) is 39.1 Å². The molecule has 0 aliphatic heterocycles. The number of anilines is 1. The first-order valence-electron chi connectivity index (χ1n) is 13.2. The maximum absolute atomic E-state index is 14.1. The molecular formula is C30H35Cl2N3O4S. The van der Waals surface area contributed by atoms with Crippen LogP contribution >= 0.6 is 23.2 Å². The summed E-state index contributed by atoms with van der Waals surface area (Å²) in [5.41, 5.74) is 1.76. The number of halogens is 2. The van der Waals surface area contributed by atoms with Crippen molar-refractivity contribution in [3.8, 4) is 0 Å². The van der Waals surface area contributed by atoms with Gasteiger partial charge in [0, 0.05) is 12.6 Å². The van der Waals surface area contributed by atoms with Gasteiger partial charge in [-0.15, -0.1) is 0 Å². The lowest BCUT2D eigenvalue weighted by molar-refractivity contribution is -0.140. The monoisotopic (exact) mass is 603 g/mol. The molecule has 0 spiro atoms. The summed E-state index contributed by atoms with van der Waals surface area (Å²) in [6, 6.07) is 19.3. The molecule has 3 aromatic rings. The molecule has 214 valence electrons. The molecule has 0 aromatic heterocycles. The molecule has 0 bridgehead atoms. The van der Waals surface area contributed by atoms with Crippen LogP contribution in [0.25, 0.3) is 0 Å². The van der Waals surface area contributed by atoms with Crippen LogP contribution in [-0.2, 0) is 26.2 Å². The lowest BCUT2D eigenvalue weighted by Crippen LogP contribution is -2.53. The van der Waals surface area contributed by atoms with Crippen molar-refractivity contribution in [3.05, 3.63) is 94.0 Å². The minimum atomic E-state index is -4.25. The Hall–Kier alpha value is -3.07. The van der Waals surface area contributed by atoms with Gasteiger partial charge in [0.2, 0.25) is 11.8 Å². The van der Waals surface area contributed by atoms with Crippen LogP contribution in [0.1, 0.15) is 44.7 Å². The Labute approximate surface area is 247 Å². The molecule has 0 saturated heterocycles. The van der Waals surface area contributed by atoms with E-state index in [2.05, 4.69) is 5.32 Å².